The lowest BCUT2D eigenvalue weighted by atomic mass is 9.94. The van der Waals surface area contributed by atoms with Gasteiger partial charge in [0.25, 0.3) is 0 Å². The second-order valence-electron chi connectivity index (χ2n) is 5.44. The SMILES string of the molecule is CCCc1c(NC)ncnc1NC1CCCc2sccc21. The standard InChI is InChI=1S/C16H22N4S/c1-3-5-12-15(17-2)18-10-19-16(12)20-13-6-4-7-14-11(13)8-9-21-14/h8-10,13H,3-7H2,1-2H3,(H2,17,18,19,20). The smallest absolute Gasteiger partial charge is 0.135 e. The molecule has 4 nitrogen and oxygen atoms in total. The molecular formula is C16H22N4S. The fourth-order valence-electron chi connectivity index (χ4n) is 3.04. The van der Waals surface area contributed by atoms with Crippen LogP contribution in [0.1, 0.15) is 48.2 Å². The van der Waals surface area contributed by atoms with E-state index < -0.39 is 0 Å². The van der Waals surface area contributed by atoms with Gasteiger partial charge in [0.2, 0.25) is 0 Å². The summed E-state index contributed by atoms with van der Waals surface area (Å²) in [5.41, 5.74) is 2.66. The number of nitrogens with zero attached hydrogens (tertiary/aromatic N) is 2. The number of aromatic nitrogens is 2. The fourth-order valence-corrected chi connectivity index (χ4v) is 4.03. The molecule has 5 heteroatoms. The van der Waals surface area contributed by atoms with Crippen LogP contribution in [0, 0.1) is 0 Å². The van der Waals surface area contributed by atoms with Crippen molar-refractivity contribution in [3.8, 4) is 0 Å². The third-order valence-electron chi connectivity index (χ3n) is 4.05. The van der Waals surface area contributed by atoms with Crippen LogP contribution in [0.3, 0.4) is 0 Å². The summed E-state index contributed by atoms with van der Waals surface area (Å²) in [6, 6.07) is 2.64. The van der Waals surface area contributed by atoms with Gasteiger partial charge in [0, 0.05) is 17.5 Å². The third-order valence-corrected chi connectivity index (χ3v) is 5.04. The van der Waals surface area contributed by atoms with Crippen LogP contribution in [0.2, 0.25) is 0 Å². The van der Waals surface area contributed by atoms with Crippen LogP contribution in [0.15, 0.2) is 17.8 Å². The van der Waals surface area contributed by atoms with Gasteiger partial charge in [-0.15, -0.1) is 11.3 Å². The Morgan fingerprint density at radius 2 is 2.19 bits per heavy atom. The molecule has 0 fully saturated rings. The zero-order chi connectivity index (χ0) is 14.7. The number of fused-ring (bicyclic) bond motifs is 1. The first-order chi connectivity index (χ1) is 10.3. The predicted octanol–water partition coefficient (Wildman–Crippen LogP) is 4.02. The number of nitrogens with one attached hydrogen (secondary N) is 2. The molecule has 0 aliphatic heterocycles. The van der Waals surface area contributed by atoms with Crippen LogP contribution < -0.4 is 10.6 Å². The van der Waals surface area contributed by atoms with Gasteiger partial charge in [0.05, 0.1) is 6.04 Å². The molecule has 1 unspecified atom stereocenters. The van der Waals surface area contributed by atoms with E-state index in [0.717, 1.165) is 24.5 Å². The molecule has 0 saturated heterocycles. The minimum Gasteiger partial charge on any atom is -0.373 e. The van der Waals surface area contributed by atoms with Gasteiger partial charge in [-0.1, -0.05) is 13.3 Å². The van der Waals surface area contributed by atoms with Crippen molar-refractivity contribution >= 4 is 23.0 Å². The van der Waals surface area contributed by atoms with E-state index in [0.29, 0.717) is 6.04 Å². The molecule has 1 atom stereocenters. The van der Waals surface area contributed by atoms with Gasteiger partial charge in [-0.2, -0.15) is 0 Å². The second kappa shape index (κ2) is 6.43. The van der Waals surface area contributed by atoms with Gasteiger partial charge < -0.3 is 10.6 Å². The van der Waals surface area contributed by atoms with E-state index in [1.54, 1.807) is 6.33 Å². The number of anilines is 2. The van der Waals surface area contributed by atoms with E-state index in [4.69, 9.17) is 0 Å². The van der Waals surface area contributed by atoms with Crippen molar-refractivity contribution in [3.63, 3.8) is 0 Å². The zero-order valence-corrected chi connectivity index (χ0v) is 13.5. The molecule has 21 heavy (non-hydrogen) atoms. The Morgan fingerprint density at radius 1 is 1.33 bits per heavy atom. The molecular weight excluding hydrogens is 280 g/mol. The topological polar surface area (TPSA) is 49.8 Å². The fraction of sp³-hybridized carbons (Fsp3) is 0.500. The molecule has 0 bridgehead atoms. The second-order valence-corrected chi connectivity index (χ2v) is 6.44. The summed E-state index contributed by atoms with van der Waals surface area (Å²) in [6.45, 7) is 2.19. The van der Waals surface area contributed by atoms with E-state index in [2.05, 4.69) is 39.0 Å². The summed E-state index contributed by atoms with van der Waals surface area (Å²) < 4.78 is 0. The molecule has 0 amide bonds. The van der Waals surface area contributed by atoms with Crippen LogP contribution in [0.25, 0.3) is 0 Å². The molecule has 2 aromatic heterocycles. The lowest BCUT2D eigenvalue weighted by Crippen LogP contribution is -2.18. The molecule has 2 N–H and O–H groups in total. The maximum Gasteiger partial charge on any atom is 0.135 e. The van der Waals surface area contributed by atoms with Gasteiger partial charge in [-0.25, -0.2) is 9.97 Å². The highest BCUT2D eigenvalue weighted by molar-refractivity contribution is 7.10. The highest BCUT2D eigenvalue weighted by Gasteiger charge is 2.22. The summed E-state index contributed by atoms with van der Waals surface area (Å²) in [5.74, 6) is 1.93. The number of hydrogen-bond acceptors (Lipinski definition) is 5. The van der Waals surface area contributed by atoms with Gasteiger partial charge >= 0.3 is 0 Å². The molecule has 0 radical (unpaired) electrons. The van der Waals surface area contributed by atoms with Crippen LogP contribution in [0.4, 0.5) is 11.6 Å². The molecule has 1 aliphatic rings. The Morgan fingerprint density at radius 3 is 3.00 bits per heavy atom. The summed E-state index contributed by atoms with van der Waals surface area (Å²) in [5, 5.41) is 9.05. The Kier molecular flexibility index (Phi) is 4.39. The third kappa shape index (κ3) is 2.88. The van der Waals surface area contributed by atoms with Crippen LogP contribution in [-0.2, 0) is 12.8 Å². The van der Waals surface area contributed by atoms with Crippen molar-refractivity contribution in [2.45, 2.75) is 45.1 Å². The highest BCUT2D eigenvalue weighted by Crippen LogP contribution is 2.36. The summed E-state index contributed by atoms with van der Waals surface area (Å²) in [7, 11) is 1.92. The molecule has 0 aromatic carbocycles. The molecule has 3 rings (SSSR count). The van der Waals surface area contributed by atoms with Crippen molar-refractivity contribution in [1.29, 1.82) is 0 Å². The molecule has 112 valence electrons. The van der Waals surface area contributed by atoms with E-state index in [-0.39, 0.29) is 0 Å². The average Bonchev–Trinajstić information content (AvgIpc) is 2.98. The molecule has 1 aliphatic carbocycles. The van der Waals surface area contributed by atoms with E-state index in [1.165, 1.54) is 35.3 Å². The van der Waals surface area contributed by atoms with Crippen LogP contribution >= 0.6 is 11.3 Å². The summed E-state index contributed by atoms with van der Waals surface area (Å²) >= 11 is 1.88. The lowest BCUT2D eigenvalue weighted by Gasteiger charge is -2.25. The number of hydrogen-bond donors (Lipinski definition) is 2. The van der Waals surface area contributed by atoms with Crippen LogP contribution in [-0.4, -0.2) is 17.0 Å². The van der Waals surface area contributed by atoms with Gasteiger partial charge in [0.15, 0.2) is 0 Å². The quantitative estimate of drug-likeness (QED) is 0.876. The van der Waals surface area contributed by atoms with Crippen molar-refractivity contribution < 1.29 is 0 Å². The predicted molar refractivity (Wildman–Crippen MR) is 89.2 cm³/mol. The van der Waals surface area contributed by atoms with Crippen molar-refractivity contribution in [2.75, 3.05) is 17.7 Å². The Balaban J connectivity index is 1.89. The number of thiophene rings is 1. The van der Waals surface area contributed by atoms with Gasteiger partial charge in [0.1, 0.15) is 18.0 Å². The average molecular weight is 302 g/mol. The lowest BCUT2D eigenvalue weighted by molar-refractivity contribution is 0.606. The Labute approximate surface area is 130 Å². The maximum atomic E-state index is 4.50. The van der Waals surface area contributed by atoms with E-state index in [9.17, 15) is 0 Å². The van der Waals surface area contributed by atoms with Crippen LogP contribution in [0.5, 0.6) is 0 Å². The van der Waals surface area contributed by atoms with Gasteiger partial charge in [-0.05, 0) is 42.7 Å². The molecule has 0 spiro atoms. The normalized spacial score (nSPS) is 17.3. The Bertz CT molecular complexity index is 608. The minimum atomic E-state index is 0.384. The molecule has 2 heterocycles. The molecule has 2 aromatic rings. The van der Waals surface area contributed by atoms with E-state index >= 15 is 0 Å². The monoisotopic (exact) mass is 302 g/mol. The first-order valence-corrected chi connectivity index (χ1v) is 8.55. The largest absolute Gasteiger partial charge is 0.373 e. The highest BCUT2D eigenvalue weighted by atomic mass is 32.1. The first-order valence-electron chi connectivity index (χ1n) is 7.68. The summed E-state index contributed by atoms with van der Waals surface area (Å²) in [4.78, 5) is 10.4. The maximum absolute atomic E-state index is 4.50. The molecule has 0 saturated carbocycles. The first kappa shape index (κ1) is 14.3. The van der Waals surface area contributed by atoms with Crippen molar-refractivity contribution in [3.05, 3.63) is 33.8 Å². The van der Waals surface area contributed by atoms with Crippen molar-refractivity contribution in [2.24, 2.45) is 0 Å². The van der Waals surface area contributed by atoms with Crippen molar-refractivity contribution in [1.82, 2.24) is 9.97 Å². The summed E-state index contributed by atoms with van der Waals surface area (Å²) in [6.07, 6.45) is 7.36. The Hall–Kier alpha value is -1.62. The zero-order valence-electron chi connectivity index (χ0n) is 12.6. The minimum absolute atomic E-state index is 0.384. The van der Waals surface area contributed by atoms with Gasteiger partial charge in [-0.3, -0.25) is 0 Å². The number of aryl methyl sites for hydroxylation is 1. The van der Waals surface area contributed by atoms with E-state index in [1.807, 2.05) is 18.4 Å². The number of rotatable bonds is 5.